The maximum absolute atomic E-state index is 5.24. The SMILES string of the molecule is C=C/C(NC(=S)Nc1ccccc1OC)=C(\C)N=C. The molecule has 0 saturated heterocycles. The summed E-state index contributed by atoms with van der Waals surface area (Å²) in [7, 11) is 1.61. The summed E-state index contributed by atoms with van der Waals surface area (Å²) in [5.74, 6) is 0.717. The van der Waals surface area contributed by atoms with Crippen LogP contribution in [0.1, 0.15) is 6.92 Å². The number of methoxy groups -OCH3 is 1. The molecule has 0 spiro atoms. The Morgan fingerprint density at radius 1 is 1.42 bits per heavy atom. The summed E-state index contributed by atoms with van der Waals surface area (Å²) in [6, 6.07) is 7.52. The molecule has 0 unspecified atom stereocenters. The monoisotopic (exact) mass is 275 g/mol. The van der Waals surface area contributed by atoms with Crippen LogP contribution in [-0.4, -0.2) is 18.9 Å². The average Bonchev–Trinajstić information content (AvgIpc) is 2.44. The molecular weight excluding hydrogens is 258 g/mol. The molecule has 0 atom stereocenters. The van der Waals surface area contributed by atoms with Gasteiger partial charge in [0.1, 0.15) is 5.75 Å². The first-order chi connectivity index (χ1) is 9.12. The molecule has 0 aliphatic rings. The molecule has 0 aliphatic heterocycles. The van der Waals surface area contributed by atoms with E-state index in [0.29, 0.717) is 16.6 Å². The van der Waals surface area contributed by atoms with E-state index in [0.717, 1.165) is 11.4 Å². The minimum Gasteiger partial charge on any atom is -0.495 e. The Kier molecular flexibility index (Phi) is 5.75. The quantitative estimate of drug-likeness (QED) is 0.492. The highest BCUT2D eigenvalue weighted by Gasteiger charge is 2.05. The van der Waals surface area contributed by atoms with Gasteiger partial charge in [0.2, 0.25) is 0 Å². The van der Waals surface area contributed by atoms with Crippen molar-refractivity contribution in [3.63, 3.8) is 0 Å². The van der Waals surface area contributed by atoms with Crippen molar-refractivity contribution in [2.24, 2.45) is 4.99 Å². The molecule has 5 heteroatoms. The highest BCUT2D eigenvalue weighted by molar-refractivity contribution is 7.80. The molecule has 1 aromatic carbocycles. The van der Waals surface area contributed by atoms with Gasteiger partial charge in [-0.05, 0) is 44.1 Å². The van der Waals surface area contributed by atoms with Crippen LogP contribution in [0.4, 0.5) is 5.69 Å². The predicted octanol–water partition coefficient (Wildman–Crippen LogP) is 3.10. The van der Waals surface area contributed by atoms with Gasteiger partial charge in [-0.25, -0.2) is 0 Å². The maximum atomic E-state index is 5.24. The first-order valence-corrected chi connectivity index (χ1v) is 6.04. The predicted molar refractivity (Wildman–Crippen MR) is 84.8 cm³/mol. The van der Waals surface area contributed by atoms with Crippen LogP contribution in [0.25, 0.3) is 0 Å². The molecule has 0 aromatic heterocycles. The first kappa shape index (κ1) is 14.9. The molecule has 0 radical (unpaired) electrons. The molecule has 0 bridgehead atoms. The molecule has 1 rings (SSSR count). The molecule has 0 heterocycles. The van der Waals surface area contributed by atoms with Gasteiger partial charge in [-0.1, -0.05) is 18.7 Å². The Labute approximate surface area is 118 Å². The summed E-state index contributed by atoms with van der Waals surface area (Å²) in [5, 5.41) is 6.50. The Hall–Kier alpha value is -2.14. The van der Waals surface area contributed by atoms with E-state index in [1.54, 1.807) is 13.2 Å². The fraction of sp³-hybridized carbons (Fsp3) is 0.143. The van der Waals surface area contributed by atoms with Crippen molar-refractivity contribution in [2.75, 3.05) is 12.4 Å². The number of hydrogen-bond acceptors (Lipinski definition) is 3. The van der Waals surface area contributed by atoms with Gasteiger partial charge in [0, 0.05) is 0 Å². The van der Waals surface area contributed by atoms with Crippen LogP contribution < -0.4 is 15.4 Å². The van der Waals surface area contributed by atoms with Crippen LogP contribution in [0.15, 0.2) is 53.3 Å². The van der Waals surface area contributed by atoms with Crippen LogP contribution in [-0.2, 0) is 0 Å². The van der Waals surface area contributed by atoms with Crippen LogP contribution in [0.3, 0.4) is 0 Å². The van der Waals surface area contributed by atoms with Gasteiger partial charge in [-0.2, -0.15) is 0 Å². The summed E-state index contributed by atoms with van der Waals surface area (Å²) in [5.41, 5.74) is 2.22. The van der Waals surface area contributed by atoms with E-state index < -0.39 is 0 Å². The third-order valence-electron chi connectivity index (χ3n) is 2.43. The second-order valence-electron chi connectivity index (χ2n) is 3.64. The number of nitrogens with zero attached hydrogens (tertiary/aromatic N) is 1. The van der Waals surface area contributed by atoms with Crippen molar-refractivity contribution < 1.29 is 4.74 Å². The van der Waals surface area contributed by atoms with E-state index in [1.165, 1.54) is 0 Å². The standard InChI is InChI=1S/C14H17N3OS/c1-5-11(10(2)15-3)16-14(19)17-12-8-6-7-9-13(12)18-4/h5-9H,1,3H2,2,4H3,(H2,16,17,19)/b11-10-. The number of aliphatic imine (C=N–C) groups is 1. The summed E-state index contributed by atoms with van der Waals surface area (Å²) >= 11 is 5.23. The van der Waals surface area contributed by atoms with E-state index in [1.807, 2.05) is 31.2 Å². The van der Waals surface area contributed by atoms with Crippen molar-refractivity contribution in [3.8, 4) is 5.75 Å². The normalized spacial score (nSPS) is 11.1. The Balaban J connectivity index is 2.81. The zero-order valence-corrected chi connectivity index (χ0v) is 11.9. The third kappa shape index (κ3) is 4.22. The van der Waals surface area contributed by atoms with Gasteiger partial charge in [-0.15, -0.1) is 0 Å². The minimum atomic E-state index is 0.433. The number of para-hydroxylation sites is 2. The van der Waals surface area contributed by atoms with Gasteiger partial charge in [0.25, 0.3) is 0 Å². The molecular formula is C14H17N3OS. The highest BCUT2D eigenvalue weighted by Crippen LogP contribution is 2.22. The average molecular weight is 275 g/mol. The zero-order chi connectivity index (χ0) is 14.3. The molecule has 1 aromatic rings. The number of ether oxygens (including phenoxy) is 1. The second kappa shape index (κ2) is 7.33. The summed E-state index contributed by atoms with van der Waals surface area (Å²) in [6.07, 6.45) is 1.64. The van der Waals surface area contributed by atoms with Crippen molar-refractivity contribution in [1.82, 2.24) is 5.32 Å². The third-order valence-corrected chi connectivity index (χ3v) is 2.64. The van der Waals surface area contributed by atoms with Crippen molar-refractivity contribution >= 4 is 29.7 Å². The molecule has 0 saturated carbocycles. The fourth-order valence-electron chi connectivity index (χ4n) is 1.40. The Bertz CT molecular complexity index is 523. The smallest absolute Gasteiger partial charge is 0.175 e. The van der Waals surface area contributed by atoms with E-state index in [-0.39, 0.29) is 0 Å². The Morgan fingerprint density at radius 2 is 2.11 bits per heavy atom. The number of allylic oxidation sites excluding steroid dienone is 2. The fourth-order valence-corrected chi connectivity index (χ4v) is 1.62. The van der Waals surface area contributed by atoms with E-state index in [2.05, 4.69) is 28.9 Å². The largest absolute Gasteiger partial charge is 0.495 e. The molecule has 19 heavy (non-hydrogen) atoms. The van der Waals surface area contributed by atoms with Gasteiger partial charge < -0.3 is 15.4 Å². The molecule has 0 fully saturated rings. The van der Waals surface area contributed by atoms with Gasteiger partial charge in [-0.3, -0.25) is 4.99 Å². The summed E-state index contributed by atoms with van der Waals surface area (Å²) in [6.45, 7) is 8.99. The lowest BCUT2D eigenvalue weighted by atomic mass is 10.3. The molecule has 0 amide bonds. The highest BCUT2D eigenvalue weighted by atomic mass is 32.1. The Morgan fingerprint density at radius 3 is 2.68 bits per heavy atom. The number of thiocarbonyl (C=S) groups is 1. The van der Waals surface area contributed by atoms with Gasteiger partial charge in [0.15, 0.2) is 5.11 Å². The first-order valence-electron chi connectivity index (χ1n) is 5.63. The number of nitrogens with one attached hydrogen (secondary N) is 2. The van der Waals surface area contributed by atoms with Crippen molar-refractivity contribution in [3.05, 3.63) is 48.3 Å². The van der Waals surface area contributed by atoms with E-state index in [4.69, 9.17) is 17.0 Å². The van der Waals surface area contributed by atoms with Gasteiger partial charge in [0.05, 0.1) is 24.2 Å². The van der Waals surface area contributed by atoms with Gasteiger partial charge >= 0.3 is 0 Å². The lowest BCUT2D eigenvalue weighted by Gasteiger charge is -2.14. The van der Waals surface area contributed by atoms with Crippen LogP contribution in [0.5, 0.6) is 5.75 Å². The van der Waals surface area contributed by atoms with Crippen LogP contribution in [0.2, 0.25) is 0 Å². The summed E-state index contributed by atoms with van der Waals surface area (Å²) in [4.78, 5) is 3.84. The lowest BCUT2D eigenvalue weighted by molar-refractivity contribution is 0.417. The molecule has 100 valence electrons. The molecule has 2 N–H and O–H groups in total. The number of rotatable bonds is 5. The topological polar surface area (TPSA) is 45.6 Å². The zero-order valence-electron chi connectivity index (χ0n) is 11.1. The van der Waals surface area contributed by atoms with Crippen LogP contribution in [0, 0.1) is 0 Å². The lowest BCUT2D eigenvalue weighted by Crippen LogP contribution is -2.27. The summed E-state index contributed by atoms with van der Waals surface area (Å²) < 4.78 is 5.24. The molecule has 0 aliphatic carbocycles. The maximum Gasteiger partial charge on any atom is 0.175 e. The van der Waals surface area contributed by atoms with Crippen molar-refractivity contribution in [1.29, 1.82) is 0 Å². The number of anilines is 1. The van der Waals surface area contributed by atoms with Crippen molar-refractivity contribution in [2.45, 2.75) is 6.92 Å². The number of benzene rings is 1. The second-order valence-corrected chi connectivity index (χ2v) is 4.05. The minimum absolute atomic E-state index is 0.433. The van der Waals surface area contributed by atoms with E-state index >= 15 is 0 Å². The number of hydrogen-bond donors (Lipinski definition) is 2. The van der Waals surface area contributed by atoms with Crippen LogP contribution >= 0.6 is 12.2 Å². The molecule has 4 nitrogen and oxygen atoms in total. The van der Waals surface area contributed by atoms with E-state index in [9.17, 15) is 0 Å².